The van der Waals surface area contributed by atoms with Crippen LogP contribution in [0.1, 0.15) is 40.7 Å². The maximum absolute atomic E-state index is 14.4. The van der Waals surface area contributed by atoms with Crippen LogP contribution >= 0.6 is 0 Å². The molecule has 236 valence electrons. The number of nitrogens with zero attached hydrogens (tertiary/aromatic N) is 4. The van der Waals surface area contributed by atoms with E-state index in [0.29, 0.717) is 23.4 Å². The third-order valence-corrected chi connectivity index (χ3v) is 9.54. The smallest absolute Gasteiger partial charge is 0.254 e. The maximum atomic E-state index is 14.4. The van der Waals surface area contributed by atoms with Crippen LogP contribution < -0.4 is 4.74 Å². The second kappa shape index (κ2) is 11.8. The Morgan fingerprint density at radius 1 is 0.936 bits per heavy atom. The highest BCUT2D eigenvalue weighted by Gasteiger charge is 2.29. The highest BCUT2D eigenvalue weighted by molar-refractivity contribution is 6.02. The predicted octanol–water partition coefficient (Wildman–Crippen LogP) is 7.92. The van der Waals surface area contributed by atoms with Crippen LogP contribution in [0.5, 0.6) is 5.75 Å². The SMILES string of the molecule is COc1cc(C(=O)N2CC(=N)C[C@@H](F)C2)cc2nc3n(c12)Cc1cccc(c1)-c1ccccc1CCCCn1c-3cc2ccccc21. The Hall–Kier alpha value is -5.24. The topological polar surface area (TPSA) is 76.1 Å². The summed E-state index contributed by atoms with van der Waals surface area (Å²) in [6.07, 6.45) is 1.88. The van der Waals surface area contributed by atoms with E-state index in [1.54, 1.807) is 19.2 Å². The molecule has 6 aromatic rings. The van der Waals surface area contributed by atoms with Crippen molar-refractivity contribution in [3.63, 3.8) is 0 Å². The van der Waals surface area contributed by atoms with E-state index in [0.717, 1.165) is 59.3 Å². The summed E-state index contributed by atoms with van der Waals surface area (Å²) in [6, 6.07) is 31.6. The summed E-state index contributed by atoms with van der Waals surface area (Å²) < 4.78 is 24.9. The summed E-state index contributed by atoms with van der Waals surface area (Å²) in [5, 5.41) is 9.21. The van der Waals surface area contributed by atoms with Crippen LogP contribution in [0.2, 0.25) is 0 Å². The predicted molar refractivity (Wildman–Crippen MR) is 184 cm³/mol. The van der Waals surface area contributed by atoms with Gasteiger partial charge in [-0.1, -0.05) is 60.7 Å². The van der Waals surface area contributed by atoms with Crippen molar-refractivity contribution in [3.8, 4) is 28.4 Å². The number of aromatic nitrogens is 3. The number of benzene rings is 4. The first-order valence-electron chi connectivity index (χ1n) is 16.3. The van der Waals surface area contributed by atoms with Crippen LogP contribution in [0.3, 0.4) is 0 Å². The Morgan fingerprint density at radius 2 is 1.79 bits per heavy atom. The highest BCUT2D eigenvalue weighted by atomic mass is 19.1. The van der Waals surface area contributed by atoms with Gasteiger partial charge in [0.1, 0.15) is 17.4 Å². The molecule has 0 saturated carbocycles. The number of para-hydroxylation sites is 1. The number of alkyl halides is 1. The van der Waals surface area contributed by atoms with Crippen LogP contribution in [0.4, 0.5) is 4.39 Å². The molecule has 2 bridgehead atoms. The van der Waals surface area contributed by atoms with E-state index < -0.39 is 6.17 Å². The van der Waals surface area contributed by atoms with E-state index in [-0.39, 0.29) is 31.1 Å². The number of methoxy groups -OCH3 is 1. The molecule has 1 N–H and O–H groups in total. The summed E-state index contributed by atoms with van der Waals surface area (Å²) in [5.41, 5.74) is 9.12. The van der Waals surface area contributed by atoms with Crippen molar-refractivity contribution in [1.29, 1.82) is 5.41 Å². The van der Waals surface area contributed by atoms with E-state index >= 15 is 0 Å². The zero-order valence-electron chi connectivity index (χ0n) is 26.4. The van der Waals surface area contributed by atoms with E-state index in [1.165, 1.54) is 21.6 Å². The molecule has 1 fully saturated rings. The standard InChI is InChI=1S/C39H36FN5O2/c1-47-36-20-29(39(46)43-23-30(40)21-31(41)24-43)18-33-37(36)45-22-25-9-8-13-27(17-25)32-14-4-2-10-26(32)11-6-7-16-44-34-15-5-3-12-28(34)19-35(44)38(45)42-33/h2-5,8-10,12-15,17-20,30,41H,6-7,11,16,21-24H2,1H3/t30-/m1/s1. The monoisotopic (exact) mass is 625 g/mol. The fourth-order valence-electron chi connectivity index (χ4n) is 7.39. The molecular formula is C39H36FN5O2. The number of aryl methyl sites for hydroxylation is 2. The van der Waals surface area contributed by atoms with Gasteiger partial charge in [-0.25, -0.2) is 9.37 Å². The molecule has 2 aliphatic heterocycles. The molecule has 1 amide bonds. The summed E-state index contributed by atoms with van der Waals surface area (Å²) in [5.74, 6) is 0.997. The van der Waals surface area contributed by atoms with Gasteiger partial charge in [0.05, 0.1) is 31.4 Å². The molecule has 7 nitrogen and oxygen atoms in total. The number of piperidine rings is 1. The normalized spacial score (nSPS) is 16.8. The lowest BCUT2D eigenvalue weighted by Gasteiger charge is -2.29. The molecule has 0 unspecified atom stereocenters. The van der Waals surface area contributed by atoms with E-state index in [9.17, 15) is 9.18 Å². The molecule has 8 heteroatoms. The average Bonchev–Trinajstić information content (AvgIpc) is 3.63. The zero-order chi connectivity index (χ0) is 32.1. The van der Waals surface area contributed by atoms with Crippen LogP contribution in [0.25, 0.3) is 44.6 Å². The Bertz CT molecular complexity index is 2180. The number of carbonyl (C=O) groups is 1. The third-order valence-electron chi connectivity index (χ3n) is 9.54. The zero-order valence-corrected chi connectivity index (χ0v) is 26.4. The largest absolute Gasteiger partial charge is 0.494 e. The lowest BCUT2D eigenvalue weighted by molar-refractivity contribution is 0.0717. The Labute approximate surface area is 272 Å². The van der Waals surface area contributed by atoms with Gasteiger partial charge in [0, 0.05) is 41.7 Å². The molecule has 0 aliphatic carbocycles. The summed E-state index contributed by atoms with van der Waals surface area (Å²) in [6.45, 7) is 1.48. The van der Waals surface area contributed by atoms with Gasteiger partial charge in [-0.05, 0) is 71.8 Å². The van der Waals surface area contributed by atoms with E-state index in [1.807, 2.05) is 0 Å². The van der Waals surface area contributed by atoms with Gasteiger partial charge in [-0.15, -0.1) is 0 Å². The van der Waals surface area contributed by atoms with Crippen LogP contribution in [0.15, 0.2) is 91.0 Å². The van der Waals surface area contributed by atoms with Crippen LogP contribution in [0, 0.1) is 5.41 Å². The van der Waals surface area contributed by atoms with Crippen LogP contribution in [-0.4, -0.2) is 57.0 Å². The molecule has 2 aliphatic rings. The number of nitrogens with one attached hydrogen (secondary N) is 1. The third kappa shape index (κ3) is 5.27. The Balaban J connectivity index is 1.34. The number of rotatable bonds is 2. The first kappa shape index (κ1) is 29.2. The van der Waals surface area contributed by atoms with Gasteiger partial charge in [0.25, 0.3) is 5.91 Å². The van der Waals surface area contributed by atoms with Gasteiger partial charge in [0.15, 0.2) is 5.82 Å². The second-order valence-corrected chi connectivity index (χ2v) is 12.7. The number of hydrogen-bond acceptors (Lipinski definition) is 4. The molecule has 1 atom stereocenters. The number of carbonyl (C=O) groups excluding carboxylic acids is 1. The van der Waals surface area contributed by atoms with Crippen molar-refractivity contribution in [2.45, 2.75) is 44.9 Å². The van der Waals surface area contributed by atoms with Crippen molar-refractivity contribution in [3.05, 3.63) is 108 Å². The number of amides is 1. The number of likely N-dealkylation sites (tertiary alicyclic amines) is 1. The van der Waals surface area contributed by atoms with Gasteiger partial charge >= 0.3 is 0 Å². The lowest BCUT2D eigenvalue weighted by Crippen LogP contribution is -2.45. The van der Waals surface area contributed by atoms with E-state index in [2.05, 4.69) is 88.0 Å². The van der Waals surface area contributed by atoms with Crippen molar-refractivity contribution in [1.82, 2.24) is 19.0 Å². The van der Waals surface area contributed by atoms with E-state index in [4.69, 9.17) is 15.1 Å². The summed E-state index contributed by atoms with van der Waals surface area (Å²) >= 11 is 0. The quantitative estimate of drug-likeness (QED) is 0.212. The summed E-state index contributed by atoms with van der Waals surface area (Å²) in [7, 11) is 1.61. The first-order valence-corrected chi connectivity index (χ1v) is 16.3. The minimum atomic E-state index is -1.24. The Morgan fingerprint density at radius 3 is 2.66 bits per heavy atom. The minimum absolute atomic E-state index is 0.0270. The fourth-order valence-corrected chi connectivity index (χ4v) is 7.39. The molecule has 1 saturated heterocycles. The molecule has 0 spiro atoms. The van der Waals surface area contributed by atoms with Crippen molar-refractivity contribution in [2.24, 2.45) is 0 Å². The number of fused-ring (bicyclic) bond motifs is 11. The number of hydrogen-bond donors (Lipinski definition) is 1. The number of halogens is 1. The van der Waals surface area contributed by atoms with Crippen molar-refractivity contribution in [2.75, 3.05) is 20.2 Å². The molecule has 4 heterocycles. The van der Waals surface area contributed by atoms with Crippen LogP contribution in [-0.2, 0) is 19.5 Å². The maximum Gasteiger partial charge on any atom is 0.254 e. The van der Waals surface area contributed by atoms with Gasteiger partial charge in [-0.3, -0.25) is 4.79 Å². The number of imidazole rings is 1. The average molecular weight is 626 g/mol. The second-order valence-electron chi connectivity index (χ2n) is 12.7. The molecule has 47 heavy (non-hydrogen) atoms. The lowest BCUT2D eigenvalue weighted by atomic mass is 9.95. The van der Waals surface area contributed by atoms with Crippen molar-refractivity contribution < 1.29 is 13.9 Å². The fraction of sp³-hybridized carbons (Fsp3) is 0.256. The van der Waals surface area contributed by atoms with Gasteiger partial charge < -0.3 is 24.2 Å². The number of ether oxygens (including phenoxy) is 1. The van der Waals surface area contributed by atoms with Crippen molar-refractivity contribution >= 4 is 33.6 Å². The first-order chi connectivity index (χ1) is 23.0. The van der Waals surface area contributed by atoms with Gasteiger partial charge in [-0.2, -0.15) is 0 Å². The molecule has 8 rings (SSSR count). The highest BCUT2D eigenvalue weighted by Crippen LogP contribution is 2.37. The van der Waals surface area contributed by atoms with Gasteiger partial charge in [0.2, 0.25) is 0 Å². The summed E-state index contributed by atoms with van der Waals surface area (Å²) in [4.78, 5) is 20.3. The molecular weight excluding hydrogens is 589 g/mol. The molecule has 4 aromatic carbocycles. The molecule has 0 radical (unpaired) electrons. The minimum Gasteiger partial charge on any atom is -0.494 e. The Kier molecular flexibility index (Phi) is 7.35. The molecule has 2 aromatic heterocycles.